The summed E-state index contributed by atoms with van der Waals surface area (Å²) in [6.45, 7) is 6.73. The van der Waals surface area contributed by atoms with Crippen molar-refractivity contribution in [1.29, 1.82) is 0 Å². The van der Waals surface area contributed by atoms with Gasteiger partial charge in [0.1, 0.15) is 13.0 Å². The number of rotatable bonds is 5. The first-order valence-electron chi connectivity index (χ1n) is 9.82. The molecule has 3 rings (SSSR count). The van der Waals surface area contributed by atoms with E-state index in [1.807, 2.05) is 60.7 Å². The summed E-state index contributed by atoms with van der Waals surface area (Å²) in [6.07, 6.45) is 3.22. The molecular formula is C23H31O2P. The molecule has 5 atom stereocenters. The van der Waals surface area contributed by atoms with Gasteiger partial charge in [0.25, 0.3) is 0 Å². The first-order valence-corrected chi connectivity index (χ1v) is 11.7. The van der Waals surface area contributed by atoms with E-state index in [1.165, 1.54) is 6.42 Å². The maximum Gasteiger partial charge on any atom is 0.150 e. The van der Waals surface area contributed by atoms with Crippen LogP contribution in [-0.2, 0) is 4.57 Å². The van der Waals surface area contributed by atoms with Crippen LogP contribution in [0.15, 0.2) is 60.7 Å². The second-order valence-electron chi connectivity index (χ2n) is 8.22. The Labute approximate surface area is 158 Å². The van der Waals surface area contributed by atoms with Crippen molar-refractivity contribution < 1.29 is 9.67 Å². The number of aliphatic hydroxyl groups excluding tert-OH is 1. The molecule has 140 valence electrons. The molecule has 0 amide bonds. The Morgan fingerprint density at radius 3 is 2.12 bits per heavy atom. The second-order valence-corrected chi connectivity index (χ2v) is 11.3. The summed E-state index contributed by atoms with van der Waals surface area (Å²) in [5.74, 6) is 0.459. The van der Waals surface area contributed by atoms with Gasteiger partial charge in [-0.3, -0.25) is 0 Å². The van der Waals surface area contributed by atoms with Gasteiger partial charge in [0, 0.05) is 11.0 Å². The van der Waals surface area contributed by atoms with Crippen molar-refractivity contribution in [3.63, 3.8) is 0 Å². The van der Waals surface area contributed by atoms with Gasteiger partial charge in [-0.1, -0.05) is 87.9 Å². The van der Waals surface area contributed by atoms with Crippen molar-refractivity contribution in [2.45, 2.75) is 51.5 Å². The van der Waals surface area contributed by atoms with E-state index in [-0.39, 0.29) is 5.66 Å². The molecule has 0 heterocycles. The lowest BCUT2D eigenvalue weighted by Gasteiger charge is -2.43. The molecule has 1 unspecified atom stereocenters. The lowest BCUT2D eigenvalue weighted by molar-refractivity contribution is 0.215. The summed E-state index contributed by atoms with van der Waals surface area (Å²) in [5, 5.41) is 12.2. The molecule has 1 saturated carbocycles. The zero-order chi connectivity index (χ0) is 18.7. The fourth-order valence-corrected chi connectivity index (χ4v) is 8.63. The summed E-state index contributed by atoms with van der Waals surface area (Å²) < 4.78 is 14.7. The quantitative estimate of drug-likeness (QED) is 0.673. The summed E-state index contributed by atoms with van der Waals surface area (Å²) in [7, 11) is -3.05. The van der Waals surface area contributed by atoms with Gasteiger partial charge in [0.15, 0.2) is 0 Å². The van der Waals surface area contributed by atoms with Crippen LogP contribution in [0, 0.1) is 17.8 Å². The van der Waals surface area contributed by atoms with E-state index in [9.17, 15) is 9.67 Å². The third-order valence-electron chi connectivity index (χ3n) is 6.10. The van der Waals surface area contributed by atoms with Crippen LogP contribution in [0.1, 0.15) is 51.4 Å². The molecule has 0 spiro atoms. The van der Waals surface area contributed by atoms with Crippen LogP contribution in [0.3, 0.4) is 0 Å². The van der Waals surface area contributed by atoms with E-state index in [0.717, 1.165) is 23.7 Å². The molecule has 0 aromatic heterocycles. The molecule has 1 aliphatic carbocycles. The lowest BCUT2D eigenvalue weighted by atomic mass is 9.77. The fraction of sp³-hybridized carbons (Fsp3) is 0.478. The lowest BCUT2D eigenvalue weighted by Crippen LogP contribution is -2.36. The van der Waals surface area contributed by atoms with Gasteiger partial charge in [-0.05, 0) is 36.2 Å². The fourth-order valence-electron chi connectivity index (χ4n) is 4.61. The first-order chi connectivity index (χ1) is 12.4. The van der Waals surface area contributed by atoms with Gasteiger partial charge < -0.3 is 9.67 Å². The number of aliphatic hydroxyl groups is 1. The van der Waals surface area contributed by atoms with Gasteiger partial charge in [0.2, 0.25) is 0 Å². The minimum atomic E-state index is -3.05. The van der Waals surface area contributed by atoms with Crippen molar-refractivity contribution in [2.75, 3.05) is 0 Å². The molecule has 2 nitrogen and oxygen atoms in total. The van der Waals surface area contributed by atoms with Crippen LogP contribution in [0.25, 0.3) is 0 Å². The van der Waals surface area contributed by atoms with E-state index in [0.29, 0.717) is 17.8 Å². The normalized spacial score (nSPS) is 27.0. The molecule has 0 aliphatic heterocycles. The van der Waals surface area contributed by atoms with Crippen molar-refractivity contribution in [3.8, 4) is 0 Å². The number of hydrogen-bond acceptors (Lipinski definition) is 2. The molecule has 1 N–H and O–H groups in total. The van der Waals surface area contributed by atoms with Crippen LogP contribution >= 0.6 is 7.14 Å². The molecule has 3 heteroatoms. The second kappa shape index (κ2) is 8.11. The standard InChI is InChI=1S/C23H31O2P/c1-17(2)21-15-14-18(3)16-22(21)26(25,20-12-8-5-9-13-20)23(24)19-10-6-4-7-11-19/h4-13,17-18,21-24H,14-16H2,1-3H3/t18-,21+,22-,23+,26?/m1/s1. The molecule has 26 heavy (non-hydrogen) atoms. The largest absolute Gasteiger partial charge is 0.380 e. The maximum absolute atomic E-state index is 14.7. The molecule has 1 aliphatic rings. The average Bonchev–Trinajstić information content (AvgIpc) is 2.67. The van der Waals surface area contributed by atoms with Crippen LogP contribution in [0.5, 0.6) is 0 Å². The molecule has 0 saturated heterocycles. The van der Waals surface area contributed by atoms with Crippen molar-refractivity contribution in [1.82, 2.24) is 0 Å². The van der Waals surface area contributed by atoms with Crippen LogP contribution in [0.2, 0.25) is 0 Å². The van der Waals surface area contributed by atoms with Gasteiger partial charge in [-0.25, -0.2) is 0 Å². The summed E-state index contributed by atoms with van der Waals surface area (Å²) >= 11 is 0. The van der Waals surface area contributed by atoms with E-state index >= 15 is 0 Å². The summed E-state index contributed by atoms with van der Waals surface area (Å²) in [6, 6.07) is 19.3. The predicted octanol–water partition coefficient (Wildman–Crippen LogP) is 5.83. The average molecular weight is 370 g/mol. The molecule has 0 radical (unpaired) electrons. The molecule has 0 bridgehead atoms. The minimum absolute atomic E-state index is 0.0313. The van der Waals surface area contributed by atoms with Gasteiger partial charge in [0.05, 0.1) is 0 Å². The molecule has 2 aromatic carbocycles. The minimum Gasteiger partial charge on any atom is -0.380 e. The van der Waals surface area contributed by atoms with Crippen LogP contribution in [-0.4, -0.2) is 10.8 Å². The monoisotopic (exact) mass is 370 g/mol. The Bertz CT molecular complexity index is 741. The highest BCUT2D eigenvalue weighted by Gasteiger charge is 2.48. The zero-order valence-corrected chi connectivity index (χ0v) is 17.0. The van der Waals surface area contributed by atoms with E-state index in [1.54, 1.807) is 0 Å². The van der Waals surface area contributed by atoms with Crippen molar-refractivity contribution in [2.24, 2.45) is 17.8 Å². The molecular weight excluding hydrogens is 339 g/mol. The van der Waals surface area contributed by atoms with Crippen LogP contribution < -0.4 is 5.30 Å². The Kier molecular flexibility index (Phi) is 6.05. The van der Waals surface area contributed by atoms with Gasteiger partial charge in [-0.2, -0.15) is 0 Å². The predicted molar refractivity (Wildman–Crippen MR) is 110 cm³/mol. The maximum atomic E-state index is 14.7. The molecule has 1 fully saturated rings. The smallest absolute Gasteiger partial charge is 0.150 e. The first kappa shape index (κ1) is 19.4. The van der Waals surface area contributed by atoms with E-state index < -0.39 is 13.0 Å². The summed E-state index contributed by atoms with van der Waals surface area (Å²) in [4.78, 5) is 0. The third-order valence-corrected chi connectivity index (χ3v) is 9.81. The Morgan fingerprint density at radius 2 is 1.54 bits per heavy atom. The third kappa shape index (κ3) is 3.68. The highest BCUT2D eigenvalue weighted by atomic mass is 31.2. The Hall–Kier alpha value is -1.37. The number of hydrogen-bond donors (Lipinski definition) is 1. The Morgan fingerprint density at radius 1 is 0.962 bits per heavy atom. The Balaban J connectivity index is 2.13. The van der Waals surface area contributed by atoms with Crippen molar-refractivity contribution >= 4 is 12.4 Å². The highest BCUT2D eigenvalue weighted by molar-refractivity contribution is 7.72. The summed E-state index contributed by atoms with van der Waals surface area (Å²) in [5.41, 5.74) is 0.796. The number of benzene rings is 2. The van der Waals surface area contributed by atoms with E-state index in [4.69, 9.17) is 0 Å². The highest BCUT2D eigenvalue weighted by Crippen LogP contribution is 2.66. The SMILES string of the molecule is CC(C)[C@@H]1CC[C@@H](C)C[C@H]1P(=O)(c1ccccc1)[C@H](O)c1ccccc1. The van der Waals surface area contributed by atoms with Crippen LogP contribution in [0.4, 0.5) is 0 Å². The van der Waals surface area contributed by atoms with Gasteiger partial charge in [-0.15, -0.1) is 0 Å². The zero-order valence-electron chi connectivity index (χ0n) is 16.1. The molecule has 2 aromatic rings. The van der Waals surface area contributed by atoms with E-state index in [2.05, 4.69) is 20.8 Å². The van der Waals surface area contributed by atoms with Crippen molar-refractivity contribution in [3.05, 3.63) is 66.2 Å². The topological polar surface area (TPSA) is 37.3 Å². The van der Waals surface area contributed by atoms with Gasteiger partial charge >= 0.3 is 0 Å².